The van der Waals surface area contributed by atoms with Crippen molar-refractivity contribution in [1.29, 1.82) is 0 Å². The van der Waals surface area contributed by atoms with Gasteiger partial charge in [-0.15, -0.1) is 0 Å². The van der Waals surface area contributed by atoms with Crippen molar-refractivity contribution in [3.8, 4) is 11.1 Å². The van der Waals surface area contributed by atoms with Gasteiger partial charge in [-0.2, -0.15) is 0 Å². The number of benzene rings is 3. The van der Waals surface area contributed by atoms with Crippen molar-refractivity contribution in [2.24, 2.45) is 0 Å². The van der Waals surface area contributed by atoms with Gasteiger partial charge in [0.2, 0.25) is 0 Å². The molecule has 4 aromatic rings. The van der Waals surface area contributed by atoms with Crippen LogP contribution in [0.3, 0.4) is 0 Å². The predicted octanol–water partition coefficient (Wildman–Crippen LogP) is 5.25. The Kier molecular flexibility index (Phi) is 5.25. The summed E-state index contributed by atoms with van der Waals surface area (Å²) in [7, 11) is -4.08. The van der Waals surface area contributed by atoms with Crippen LogP contribution in [0.5, 0.6) is 0 Å². The second kappa shape index (κ2) is 8.27. The van der Waals surface area contributed by atoms with Crippen molar-refractivity contribution >= 4 is 39.0 Å². The molecule has 9 heteroatoms. The Labute approximate surface area is 194 Å². The maximum Gasteiger partial charge on any atom is 0.261 e. The number of H-pyrrole nitrogens is 1. The Bertz CT molecular complexity index is 1550. The van der Waals surface area contributed by atoms with Crippen LogP contribution in [0, 0.1) is 11.6 Å². The number of rotatable bonds is 5. The number of sulfonamides is 1. The van der Waals surface area contributed by atoms with Gasteiger partial charge in [0.15, 0.2) is 11.6 Å². The molecule has 0 bridgehead atoms. The summed E-state index contributed by atoms with van der Waals surface area (Å²) in [5.41, 5.74) is 4.75. The second-order valence-corrected chi connectivity index (χ2v) is 9.34. The minimum Gasteiger partial charge on any atom is -0.362 e. The highest BCUT2D eigenvalue weighted by Crippen LogP contribution is 2.36. The van der Waals surface area contributed by atoms with E-state index in [4.69, 9.17) is 0 Å². The summed E-state index contributed by atoms with van der Waals surface area (Å²) in [4.78, 5) is 15.1. The van der Waals surface area contributed by atoms with Gasteiger partial charge in [0.05, 0.1) is 10.5 Å². The van der Waals surface area contributed by atoms with Gasteiger partial charge in [0.25, 0.3) is 15.9 Å². The molecule has 3 aromatic carbocycles. The summed E-state index contributed by atoms with van der Waals surface area (Å²) in [6.45, 7) is 0. The molecule has 1 aromatic heterocycles. The number of carbonyl (C=O) groups is 1. The third-order valence-corrected chi connectivity index (χ3v) is 6.78. The van der Waals surface area contributed by atoms with Gasteiger partial charge in [-0.05, 0) is 65.7 Å². The van der Waals surface area contributed by atoms with Crippen molar-refractivity contribution in [3.63, 3.8) is 0 Å². The molecule has 2 heterocycles. The quantitative estimate of drug-likeness (QED) is 0.343. The molecule has 0 atom stereocenters. The lowest BCUT2D eigenvalue weighted by atomic mass is 10.00. The van der Waals surface area contributed by atoms with Gasteiger partial charge in [-0.1, -0.05) is 24.3 Å². The van der Waals surface area contributed by atoms with Crippen LogP contribution in [0.1, 0.15) is 11.3 Å². The third-order valence-electron chi connectivity index (χ3n) is 5.40. The van der Waals surface area contributed by atoms with E-state index in [1.165, 1.54) is 0 Å². The zero-order valence-electron chi connectivity index (χ0n) is 17.5. The third kappa shape index (κ3) is 4.08. The second-order valence-electron chi connectivity index (χ2n) is 7.66. The smallest absolute Gasteiger partial charge is 0.261 e. The number of halogens is 2. The lowest BCUT2D eigenvalue weighted by molar-refractivity contribution is -0.110. The molecule has 34 heavy (non-hydrogen) atoms. The number of aromatic amines is 1. The van der Waals surface area contributed by atoms with Crippen LogP contribution >= 0.6 is 0 Å². The lowest BCUT2D eigenvalue weighted by Gasteiger charge is -2.10. The number of hydrogen-bond donors (Lipinski definition) is 3. The molecule has 1 amide bonds. The number of fused-ring (bicyclic) bond motifs is 1. The summed E-state index contributed by atoms with van der Waals surface area (Å²) in [6.07, 6.45) is 3.57. The fraction of sp³-hybridized carbons (Fsp3) is 0. The highest BCUT2D eigenvalue weighted by molar-refractivity contribution is 7.92. The van der Waals surface area contributed by atoms with Gasteiger partial charge in [0.1, 0.15) is 0 Å². The average molecular weight is 477 g/mol. The predicted molar refractivity (Wildman–Crippen MR) is 126 cm³/mol. The molecule has 0 aliphatic carbocycles. The van der Waals surface area contributed by atoms with Crippen LogP contribution < -0.4 is 10.0 Å². The van der Waals surface area contributed by atoms with E-state index in [1.807, 2.05) is 30.3 Å². The highest BCUT2D eigenvalue weighted by atomic mass is 32.2. The molecule has 0 saturated heterocycles. The fourth-order valence-corrected chi connectivity index (χ4v) is 4.77. The first kappa shape index (κ1) is 21.6. The largest absolute Gasteiger partial charge is 0.362 e. The summed E-state index contributed by atoms with van der Waals surface area (Å²) in [5, 5.41) is 2.87. The summed E-state index contributed by atoms with van der Waals surface area (Å²) in [5.74, 6) is -2.56. The summed E-state index contributed by atoms with van der Waals surface area (Å²) < 4.78 is 53.8. The number of anilines is 2. The van der Waals surface area contributed by atoms with E-state index in [1.54, 1.807) is 36.5 Å². The maximum absolute atomic E-state index is 13.4. The molecule has 0 radical (unpaired) electrons. The van der Waals surface area contributed by atoms with Crippen LogP contribution in [-0.4, -0.2) is 19.3 Å². The lowest BCUT2D eigenvalue weighted by Crippen LogP contribution is -2.13. The van der Waals surface area contributed by atoms with Crippen molar-refractivity contribution < 1.29 is 22.0 Å². The van der Waals surface area contributed by atoms with Crippen LogP contribution in [0.4, 0.5) is 20.2 Å². The first-order valence-corrected chi connectivity index (χ1v) is 11.7. The van der Waals surface area contributed by atoms with E-state index in [9.17, 15) is 22.0 Å². The van der Waals surface area contributed by atoms with Crippen LogP contribution in [0.2, 0.25) is 0 Å². The van der Waals surface area contributed by atoms with E-state index in [-0.39, 0.29) is 16.5 Å². The van der Waals surface area contributed by atoms with Crippen molar-refractivity contribution in [2.45, 2.75) is 4.90 Å². The van der Waals surface area contributed by atoms with Crippen LogP contribution in [-0.2, 0) is 14.8 Å². The SMILES string of the molecule is O=C1Nc2cc(-c3ccc(NS(=O)(=O)c4ccc(F)c(F)c4)cc3)ccc2/C1=C/c1ccc[nH]1. The number of nitrogens with one attached hydrogen (secondary N) is 3. The summed E-state index contributed by atoms with van der Waals surface area (Å²) >= 11 is 0. The average Bonchev–Trinajstić information content (AvgIpc) is 3.43. The van der Waals surface area contributed by atoms with Gasteiger partial charge < -0.3 is 10.3 Å². The van der Waals surface area contributed by atoms with Gasteiger partial charge >= 0.3 is 0 Å². The van der Waals surface area contributed by atoms with Gasteiger partial charge in [0, 0.05) is 28.8 Å². The molecule has 170 valence electrons. The topological polar surface area (TPSA) is 91.1 Å². The van der Waals surface area contributed by atoms with E-state index in [0.717, 1.165) is 34.5 Å². The number of aromatic nitrogens is 1. The Morgan fingerprint density at radius 2 is 1.62 bits per heavy atom. The molecule has 0 fully saturated rings. The molecule has 0 unspecified atom stereocenters. The zero-order valence-corrected chi connectivity index (χ0v) is 18.3. The molecule has 6 nitrogen and oxygen atoms in total. The number of hydrogen-bond acceptors (Lipinski definition) is 3. The van der Waals surface area contributed by atoms with E-state index in [2.05, 4.69) is 15.0 Å². The minimum atomic E-state index is -4.08. The van der Waals surface area contributed by atoms with Crippen molar-refractivity contribution in [3.05, 3.63) is 102 Å². The molecular formula is C25H17F2N3O3S. The first-order chi connectivity index (χ1) is 16.3. The van der Waals surface area contributed by atoms with E-state index >= 15 is 0 Å². The molecular weight excluding hydrogens is 460 g/mol. The zero-order chi connectivity index (χ0) is 23.9. The molecule has 0 spiro atoms. The van der Waals surface area contributed by atoms with Crippen LogP contribution in [0.25, 0.3) is 22.8 Å². The number of carbonyl (C=O) groups excluding carboxylic acids is 1. The Hall–Kier alpha value is -4.24. The van der Waals surface area contributed by atoms with Crippen molar-refractivity contribution in [2.75, 3.05) is 10.0 Å². The highest BCUT2D eigenvalue weighted by Gasteiger charge is 2.24. The van der Waals surface area contributed by atoms with E-state index < -0.39 is 21.7 Å². The normalized spacial score (nSPS) is 14.2. The minimum absolute atomic E-state index is 0.191. The fourth-order valence-electron chi connectivity index (χ4n) is 3.70. The summed E-state index contributed by atoms with van der Waals surface area (Å²) in [6, 6.07) is 18.3. The number of amides is 1. The Morgan fingerprint density at radius 3 is 2.32 bits per heavy atom. The molecule has 3 N–H and O–H groups in total. The van der Waals surface area contributed by atoms with Gasteiger partial charge in [-0.3, -0.25) is 9.52 Å². The molecule has 0 saturated carbocycles. The van der Waals surface area contributed by atoms with Crippen molar-refractivity contribution in [1.82, 2.24) is 4.98 Å². The Morgan fingerprint density at radius 1 is 0.853 bits per heavy atom. The Balaban J connectivity index is 1.38. The maximum atomic E-state index is 13.4. The molecule has 5 rings (SSSR count). The standard InChI is InChI=1S/C25H17F2N3O3S/c26-22-10-8-19(14-23(22)27)34(32,33)30-17-6-3-15(4-7-17)16-5-9-20-21(13-18-2-1-11-28-18)25(31)29-24(20)12-16/h1-14,28,30H,(H,29,31)/b21-13-. The molecule has 1 aliphatic heterocycles. The monoisotopic (exact) mass is 477 g/mol. The van der Waals surface area contributed by atoms with Gasteiger partial charge in [-0.25, -0.2) is 17.2 Å². The van der Waals surface area contributed by atoms with E-state index in [0.29, 0.717) is 17.3 Å². The van der Waals surface area contributed by atoms with Crippen LogP contribution in [0.15, 0.2) is 83.9 Å². The molecule has 1 aliphatic rings. The first-order valence-electron chi connectivity index (χ1n) is 10.2.